The molecular weight excluding hydrogens is 755 g/mol. The molecule has 0 bridgehead atoms. The van der Waals surface area contributed by atoms with Crippen molar-refractivity contribution in [3.8, 4) is 44.9 Å². The molecule has 62 heavy (non-hydrogen) atoms. The molecule has 0 N–H and O–H groups in total. The zero-order chi connectivity index (χ0) is 42.4. The minimum Gasteiger partial charge on any atom is -0.457 e. The highest BCUT2D eigenvalue weighted by atomic mass is 16.5. The Balaban J connectivity index is 1.09. The van der Waals surface area contributed by atoms with Crippen LogP contribution in [0.1, 0.15) is 83.6 Å². The minimum absolute atomic E-state index is 0.0905. The van der Waals surface area contributed by atoms with Gasteiger partial charge in [-0.2, -0.15) is 0 Å². The van der Waals surface area contributed by atoms with Gasteiger partial charge in [-0.3, -0.25) is 9.98 Å². The predicted octanol–water partition coefficient (Wildman–Crippen LogP) is 14.5. The molecule has 2 aliphatic rings. The molecule has 302 valence electrons. The number of aliphatic imine (C=N–C) groups is 2. The summed E-state index contributed by atoms with van der Waals surface area (Å²) < 4.78 is 6.58. The van der Waals surface area contributed by atoms with Crippen LogP contribution in [0.5, 0.6) is 11.5 Å². The van der Waals surface area contributed by atoms with Crippen molar-refractivity contribution in [2.45, 2.75) is 52.5 Å². The molecule has 4 nitrogen and oxygen atoms in total. The molecule has 8 aromatic rings. The number of nitrogens with zero attached hydrogens (tertiary/aromatic N) is 3. The number of amidine groups is 1. The molecule has 4 heteroatoms. The molecule has 0 radical (unpaired) electrons. The van der Waals surface area contributed by atoms with Gasteiger partial charge in [0.25, 0.3) is 0 Å². The first-order valence-corrected chi connectivity index (χ1v) is 21.8. The largest absolute Gasteiger partial charge is 0.457 e. The molecule has 0 saturated heterocycles. The Hall–Kier alpha value is -7.17. The first kappa shape index (κ1) is 39.0. The van der Waals surface area contributed by atoms with Crippen LogP contribution in [0.15, 0.2) is 192 Å². The quantitative estimate of drug-likeness (QED) is 0.113. The van der Waals surface area contributed by atoms with Gasteiger partial charge in [0.05, 0.1) is 11.5 Å². The van der Waals surface area contributed by atoms with Crippen molar-refractivity contribution in [3.05, 3.63) is 232 Å². The molecule has 0 fully saturated rings. The van der Waals surface area contributed by atoms with Gasteiger partial charge < -0.3 is 4.74 Å². The number of aromatic nitrogens is 1. The van der Waals surface area contributed by atoms with Crippen LogP contribution < -0.4 is 4.74 Å². The second kappa shape index (κ2) is 16.0. The summed E-state index contributed by atoms with van der Waals surface area (Å²) in [5.41, 5.74) is 17.8. The number of aryl methyl sites for hydroxylation is 2. The Labute approximate surface area is 365 Å². The molecule has 2 unspecified atom stereocenters. The number of para-hydroxylation sites is 2. The van der Waals surface area contributed by atoms with Crippen LogP contribution in [-0.4, -0.2) is 16.5 Å². The van der Waals surface area contributed by atoms with Crippen LogP contribution in [0.2, 0.25) is 0 Å². The Kier molecular flexibility index (Phi) is 10.1. The fourth-order valence-corrected chi connectivity index (χ4v) is 9.77. The number of ether oxygens (including phenoxy) is 1. The fraction of sp³-hybridized carbons (Fsp3) is 0.155. The van der Waals surface area contributed by atoms with Gasteiger partial charge >= 0.3 is 0 Å². The monoisotopic (exact) mass is 803 g/mol. The Morgan fingerprint density at radius 1 is 0.565 bits per heavy atom. The molecule has 1 aromatic heterocycles. The molecule has 1 aliphatic heterocycles. The van der Waals surface area contributed by atoms with Crippen LogP contribution in [0.3, 0.4) is 0 Å². The standard InChI is InChI=1S/C58H49N3O/c1-6-37(2)56(44-31-27-42(28-32-44)46-35-38(3)59-39(4)36-46)61-57(60-40(5)41-17-8-7-9-18-41)45-33-29-43(30-34-45)47-20-16-24-52-55(47)48-19-10-11-21-49(48)58(52)50-22-12-14-25-53(50)62-54-26-15-13-23-51(54)58/h7-37,56H,6H2,1-5H3/b60-40+,61-57-. The van der Waals surface area contributed by atoms with E-state index in [1.165, 1.54) is 44.5 Å². The van der Waals surface area contributed by atoms with Crippen molar-refractivity contribution >= 4 is 11.5 Å². The van der Waals surface area contributed by atoms with Gasteiger partial charge in [-0.15, -0.1) is 0 Å². The average Bonchev–Trinajstić information content (AvgIpc) is 3.61. The maximum absolute atomic E-state index is 6.58. The van der Waals surface area contributed by atoms with Crippen LogP contribution >= 0.6 is 0 Å². The Bertz CT molecular complexity index is 2950. The van der Waals surface area contributed by atoms with E-state index in [1.54, 1.807) is 0 Å². The fourth-order valence-electron chi connectivity index (χ4n) is 9.77. The third kappa shape index (κ3) is 6.67. The zero-order valence-electron chi connectivity index (χ0n) is 35.9. The summed E-state index contributed by atoms with van der Waals surface area (Å²) >= 11 is 0. The maximum atomic E-state index is 6.58. The van der Waals surface area contributed by atoms with E-state index >= 15 is 0 Å². The zero-order valence-corrected chi connectivity index (χ0v) is 35.9. The van der Waals surface area contributed by atoms with Gasteiger partial charge in [0.1, 0.15) is 11.5 Å². The van der Waals surface area contributed by atoms with E-state index in [4.69, 9.17) is 14.7 Å². The maximum Gasteiger partial charge on any atom is 0.155 e. The summed E-state index contributed by atoms with van der Waals surface area (Å²) in [6.45, 7) is 10.7. The van der Waals surface area contributed by atoms with Gasteiger partial charge in [-0.05, 0) is 107 Å². The van der Waals surface area contributed by atoms with Crippen LogP contribution in [-0.2, 0) is 5.41 Å². The summed E-state index contributed by atoms with van der Waals surface area (Å²) in [6.07, 6.45) is 0.982. The van der Waals surface area contributed by atoms with Gasteiger partial charge in [0.2, 0.25) is 0 Å². The number of rotatable bonds is 8. The van der Waals surface area contributed by atoms with Gasteiger partial charge in [-0.1, -0.05) is 178 Å². The lowest BCUT2D eigenvalue weighted by Gasteiger charge is -2.39. The molecule has 2 atom stereocenters. The van der Waals surface area contributed by atoms with Crippen LogP contribution in [0, 0.1) is 19.8 Å². The van der Waals surface area contributed by atoms with Crippen molar-refractivity contribution in [3.63, 3.8) is 0 Å². The highest BCUT2D eigenvalue weighted by molar-refractivity contribution is 6.11. The molecule has 0 amide bonds. The van der Waals surface area contributed by atoms with Gasteiger partial charge in [0, 0.05) is 33.8 Å². The molecule has 1 spiro atoms. The molecule has 1 aliphatic carbocycles. The van der Waals surface area contributed by atoms with Crippen molar-refractivity contribution in [2.75, 3.05) is 0 Å². The van der Waals surface area contributed by atoms with Crippen molar-refractivity contribution in [1.29, 1.82) is 0 Å². The molecular formula is C58H49N3O. The van der Waals surface area contributed by atoms with E-state index in [-0.39, 0.29) is 12.0 Å². The van der Waals surface area contributed by atoms with E-state index in [0.717, 1.165) is 68.7 Å². The van der Waals surface area contributed by atoms with E-state index in [9.17, 15) is 0 Å². The highest BCUT2D eigenvalue weighted by Crippen LogP contribution is 2.63. The van der Waals surface area contributed by atoms with Gasteiger partial charge in [0.15, 0.2) is 5.84 Å². The van der Waals surface area contributed by atoms with E-state index in [2.05, 4.69) is 216 Å². The number of benzene rings is 7. The van der Waals surface area contributed by atoms with Crippen LogP contribution in [0.4, 0.5) is 0 Å². The van der Waals surface area contributed by atoms with Crippen molar-refractivity contribution < 1.29 is 4.74 Å². The summed E-state index contributed by atoms with van der Waals surface area (Å²) in [6, 6.07) is 65.2. The van der Waals surface area contributed by atoms with Crippen molar-refractivity contribution in [2.24, 2.45) is 15.9 Å². The number of hydrogen-bond acceptors (Lipinski definition) is 3. The van der Waals surface area contributed by atoms with E-state index < -0.39 is 5.41 Å². The SMILES string of the molecule is CCC(C)C(/N=C(\N=C(/C)c1ccccc1)c1ccc(-c2cccc3c2-c2ccccc2C32c3ccccc3Oc3ccccc32)cc1)c1ccc(-c2cc(C)nc(C)c2)cc1. The second-order valence-electron chi connectivity index (χ2n) is 16.8. The predicted molar refractivity (Wildman–Crippen MR) is 256 cm³/mol. The summed E-state index contributed by atoms with van der Waals surface area (Å²) in [5, 5.41) is 0. The lowest BCUT2D eigenvalue weighted by Crippen LogP contribution is -2.32. The van der Waals surface area contributed by atoms with Gasteiger partial charge in [-0.25, -0.2) is 4.99 Å². The van der Waals surface area contributed by atoms with E-state index in [1.807, 2.05) is 6.07 Å². The molecule has 0 saturated carbocycles. The topological polar surface area (TPSA) is 46.8 Å². The molecule has 2 heterocycles. The summed E-state index contributed by atoms with van der Waals surface area (Å²) in [4.78, 5) is 15.5. The van der Waals surface area contributed by atoms with Crippen molar-refractivity contribution in [1.82, 2.24) is 4.98 Å². The van der Waals surface area contributed by atoms with E-state index in [0.29, 0.717) is 0 Å². The number of pyridine rings is 1. The molecule has 7 aromatic carbocycles. The smallest absolute Gasteiger partial charge is 0.155 e. The summed E-state index contributed by atoms with van der Waals surface area (Å²) in [7, 11) is 0. The lowest BCUT2D eigenvalue weighted by molar-refractivity contribution is 0.436. The Morgan fingerprint density at radius 2 is 1.13 bits per heavy atom. The lowest BCUT2D eigenvalue weighted by atomic mass is 9.66. The average molecular weight is 804 g/mol. The normalized spacial score (nSPS) is 14.6. The number of fused-ring (bicyclic) bond motifs is 9. The highest BCUT2D eigenvalue weighted by Gasteiger charge is 2.51. The third-order valence-electron chi connectivity index (χ3n) is 12.9. The summed E-state index contributed by atoms with van der Waals surface area (Å²) in [5.74, 6) is 2.80. The molecule has 10 rings (SSSR count). The van der Waals surface area contributed by atoms with Crippen LogP contribution in [0.25, 0.3) is 33.4 Å². The minimum atomic E-state index is -0.518. The Morgan fingerprint density at radius 3 is 1.79 bits per heavy atom. The first-order chi connectivity index (χ1) is 30.3. The first-order valence-electron chi connectivity index (χ1n) is 21.8. The third-order valence-corrected chi connectivity index (χ3v) is 12.9. The number of hydrogen-bond donors (Lipinski definition) is 0. The second-order valence-corrected chi connectivity index (χ2v) is 16.8.